The van der Waals surface area contributed by atoms with Crippen LogP contribution in [0.3, 0.4) is 0 Å². The third-order valence-electron chi connectivity index (χ3n) is 1.06. The quantitative estimate of drug-likeness (QED) is 0.549. The van der Waals surface area contributed by atoms with Crippen LogP contribution in [-0.2, 0) is 0 Å². The van der Waals surface area contributed by atoms with Gasteiger partial charge in [0.15, 0.2) is 11.6 Å². The van der Waals surface area contributed by atoms with Crippen LogP contribution in [-0.4, -0.2) is 15.7 Å². The maximum atomic E-state index is 12.6. The van der Waals surface area contributed by atoms with Gasteiger partial charge in [0.05, 0.1) is 11.9 Å². The molecule has 0 atom stereocenters. The normalized spacial score (nSPS) is 9.46. The van der Waals surface area contributed by atoms with Gasteiger partial charge < -0.3 is 10.6 Å². The molecule has 0 radical (unpaired) electrons. The molecule has 0 aromatic carbocycles. The first-order valence-corrected chi connectivity index (χ1v) is 3.56. The Balaban J connectivity index is 2.80. The lowest BCUT2D eigenvalue weighted by molar-refractivity contribution is 0.311. The minimum absolute atomic E-state index is 0.0694. The number of hydrogen-bond acceptors (Lipinski definition) is 5. The minimum atomic E-state index is -0.676. The molecule has 0 amide bonds. The maximum absolute atomic E-state index is 12.6. The van der Waals surface area contributed by atoms with Gasteiger partial charge in [-0.15, -0.1) is 0 Å². The molecule has 0 bridgehead atoms. The zero-order chi connectivity index (χ0) is 9.84. The topological polar surface area (TPSA) is 73.4 Å². The van der Waals surface area contributed by atoms with Crippen LogP contribution in [0.15, 0.2) is 11.4 Å². The van der Waals surface area contributed by atoms with Crippen molar-refractivity contribution in [3.8, 4) is 6.01 Å². The van der Waals surface area contributed by atoms with Crippen LogP contribution >= 0.6 is 0 Å². The Hall–Kier alpha value is -1.72. The smallest absolute Gasteiger partial charge is 0.347 e. The summed E-state index contributed by atoms with van der Waals surface area (Å²) in [5.74, 6) is -0.932. The molecule has 1 aromatic heterocycles. The average molecular weight is 184 g/mol. The molecule has 5 nitrogen and oxygen atoms in total. The van der Waals surface area contributed by atoms with Crippen molar-refractivity contribution in [2.45, 2.75) is 13.8 Å². The first-order valence-electron chi connectivity index (χ1n) is 3.56. The summed E-state index contributed by atoms with van der Waals surface area (Å²) in [5, 5.41) is 3.58. The second kappa shape index (κ2) is 3.79. The third kappa shape index (κ3) is 2.66. The summed E-state index contributed by atoms with van der Waals surface area (Å²) in [6.07, 6.45) is 0.929. The van der Waals surface area contributed by atoms with E-state index in [-0.39, 0.29) is 11.8 Å². The van der Waals surface area contributed by atoms with Crippen molar-refractivity contribution in [2.24, 2.45) is 5.16 Å². The Kier molecular flexibility index (Phi) is 2.73. The van der Waals surface area contributed by atoms with Gasteiger partial charge in [0.25, 0.3) is 0 Å². The Morgan fingerprint density at radius 3 is 2.85 bits per heavy atom. The Morgan fingerprint density at radius 1 is 1.62 bits per heavy atom. The van der Waals surface area contributed by atoms with Crippen LogP contribution in [0.4, 0.5) is 10.2 Å². The van der Waals surface area contributed by atoms with Gasteiger partial charge in [-0.25, -0.2) is 4.39 Å². The number of halogens is 1. The fourth-order valence-electron chi connectivity index (χ4n) is 0.539. The van der Waals surface area contributed by atoms with Gasteiger partial charge in [-0.1, -0.05) is 5.16 Å². The van der Waals surface area contributed by atoms with E-state index in [2.05, 4.69) is 15.1 Å². The first-order chi connectivity index (χ1) is 6.09. The molecule has 70 valence electrons. The van der Waals surface area contributed by atoms with E-state index >= 15 is 0 Å². The van der Waals surface area contributed by atoms with Crippen molar-refractivity contribution < 1.29 is 9.23 Å². The van der Waals surface area contributed by atoms with Crippen molar-refractivity contribution in [3.63, 3.8) is 0 Å². The summed E-state index contributed by atoms with van der Waals surface area (Å²) in [6.45, 7) is 3.49. The van der Waals surface area contributed by atoms with E-state index in [1.165, 1.54) is 0 Å². The second-order valence-corrected chi connectivity index (χ2v) is 2.52. The van der Waals surface area contributed by atoms with Crippen molar-refractivity contribution in [1.29, 1.82) is 0 Å². The molecule has 1 rings (SSSR count). The molecule has 0 saturated carbocycles. The largest absolute Gasteiger partial charge is 0.381 e. The highest BCUT2D eigenvalue weighted by molar-refractivity contribution is 5.78. The highest BCUT2D eigenvalue weighted by Gasteiger charge is 2.03. The van der Waals surface area contributed by atoms with Crippen LogP contribution in [0.5, 0.6) is 6.01 Å². The molecule has 6 heteroatoms. The lowest BCUT2D eigenvalue weighted by Crippen LogP contribution is -2.00. The zero-order valence-electron chi connectivity index (χ0n) is 7.28. The molecule has 13 heavy (non-hydrogen) atoms. The van der Waals surface area contributed by atoms with Crippen LogP contribution in [0.1, 0.15) is 13.8 Å². The van der Waals surface area contributed by atoms with Crippen molar-refractivity contribution in [2.75, 3.05) is 5.73 Å². The van der Waals surface area contributed by atoms with Gasteiger partial charge in [-0.05, 0) is 13.8 Å². The molecule has 0 spiro atoms. The van der Waals surface area contributed by atoms with E-state index in [1.807, 2.05) is 0 Å². The fraction of sp³-hybridized carbons (Fsp3) is 0.286. The van der Waals surface area contributed by atoms with E-state index in [0.717, 1.165) is 6.20 Å². The number of nitrogens with two attached hydrogens (primary N) is 1. The molecule has 0 aliphatic rings. The average Bonchev–Trinajstić information content (AvgIpc) is 2.07. The minimum Gasteiger partial charge on any atom is -0.381 e. The Bertz CT molecular complexity index is 335. The standard InChI is InChI=1S/C7H9FN4O/c1-4(2)12-13-7-10-3-5(8)6(9)11-7/h3H,1-2H3,(H2,9,10,11). The summed E-state index contributed by atoms with van der Waals surface area (Å²) in [6, 6.07) is -0.0694. The maximum Gasteiger partial charge on any atom is 0.347 e. The number of rotatable bonds is 2. The number of oxime groups is 1. The van der Waals surface area contributed by atoms with Crippen LogP contribution in [0.25, 0.3) is 0 Å². The molecule has 1 heterocycles. The molecule has 2 N–H and O–H groups in total. The van der Waals surface area contributed by atoms with Crippen molar-refractivity contribution in [1.82, 2.24) is 9.97 Å². The molecule has 1 aromatic rings. The molecule has 0 fully saturated rings. The number of nitrogens with zero attached hydrogens (tertiary/aromatic N) is 3. The SMILES string of the molecule is CC(C)=NOc1ncc(F)c(N)n1. The summed E-state index contributed by atoms with van der Waals surface area (Å²) < 4.78 is 12.6. The van der Waals surface area contributed by atoms with E-state index in [1.54, 1.807) is 13.8 Å². The Morgan fingerprint density at radius 2 is 2.31 bits per heavy atom. The first kappa shape index (κ1) is 9.37. The van der Waals surface area contributed by atoms with Crippen LogP contribution < -0.4 is 10.6 Å². The van der Waals surface area contributed by atoms with Crippen LogP contribution in [0.2, 0.25) is 0 Å². The van der Waals surface area contributed by atoms with E-state index in [9.17, 15) is 4.39 Å². The molecular weight excluding hydrogens is 175 g/mol. The van der Waals surface area contributed by atoms with Crippen molar-refractivity contribution >= 4 is 11.5 Å². The zero-order valence-corrected chi connectivity index (χ0v) is 7.28. The van der Waals surface area contributed by atoms with E-state index in [4.69, 9.17) is 10.6 Å². The number of hydrogen-bond donors (Lipinski definition) is 1. The lowest BCUT2D eigenvalue weighted by Gasteiger charge is -1.98. The summed E-state index contributed by atoms with van der Waals surface area (Å²) in [5.41, 5.74) is 5.87. The fourth-order valence-corrected chi connectivity index (χ4v) is 0.539. The Labute approximate surface area is 74.4 Å². The van der Waals surface area contributed by atoms with Gasteiger partial charge >= 0.3 is 6.01 Å². The third-order valence-corrected chi connectivity index (χ3v) is 1.06. The summed E-state index contributed by atoms with van der Waals surface area (Å²) >= 11 is 0. The van der Waals surface area contributed by atoms with E-state index in [0.29, 0.717) is 5.71 Å². The van der Waals surface area contributed by atoms with Gasteiger partial charge in [0.2, 0.25) is 0 Å². The summed E-state index contributed by atoms with van der Waals surface area (Å²) in [4.78, 5) is 11.7. The highest BCUT2D eigenvalue weighted by atomic mass is 19.1. The predicted molar refractivity (Wildman–Crippen MR) is 45.8 cm³/mol. The predicted octanol–water partition coefficient (Wildman–Crippen LogP) is 0.972. The number of anilines is 1. The number of nitrogen functional groups attached to an aromatic ring is 1. The summed E-state index contributed by atoms with van der Waals surface area (Å²) in [7, 11) is 0. The molecular formula is C7H9FN4O. The lowest BCUT2D eigenvalue weighted by atomic mass is 10.5. The van der Waals surface area contributed by atoms with Crippen LogP contribution in [0, 0.1) is 5.82 Å². The van der Waals surface area contributed by atoms with E-state index < -0.39 is 5.82 Å². The second-order valence-electron chi connectivity index (χ2n) is 2.52. The van der Waals surface area contributed by atoms with Gasteiger partial charge in [-0.3, -0.25) is 0 Å². The molecule has 0 aliphatic heterocycles. The van der Waals surface area contributed by atoms with Gasteiger partial charge in [0, 0.05) is 0 Å². The number of aromatic nitrogens is 2. The molecule has 0 saturated heterocycles. The highest BCUT2D eigenvalue weighted by Crippen LogP contribution is 2.09. The van der Waals surface area contributed by atoms with Gasteiger partial charge in [0.1, 0.15) is 0 Å². The monoisotopic (exact) mass is 184 g/mol. The van der Waals surface area contributed by atoms with Gasteiger partial charge in [-0.2, -0.15) is 9.97 Å². The van der Waals surface area contributed by atoms with Crippen molar-refractivity contribution in [3.05, 3.63) is 12.0 Å². The molecule has 0 unspecified atom stereocenters. The molecule has 0 aliphatic carbocycles.